The minimum absolute atomic E-state index is 0.0309. The van der Waals surface area contributed by atoms with E-state index in [1.807, 2.05) is 25.1 Å². The van der Waals surface area contributed by atoms with E-state index in [4.69, 9.17) is 5.73 Å². The van der Waals surface area contributed by atoms with Crippen molar-refractivity contribution >= 4 is 42.2 Å². The highest BCUT2D eigenvalue weighted by Gasteiger charge is 2.29. The number of rotatable bonds is 1. The fourth-order valence-electron chi connectivity index (χ4n) is 2.33. The number of anilines is 2. The molecule has 1 aliphatic rings. The van der Waals surface area contributed by atoms with Crippen molar-refractivity contribution in [3.8, 4) is 0 Å². The second-order valence-corrected chi connectivity index (χ2v) is 8.12. The predicted octanol–water partition coefficient (Wildman–Crippen LogP) is 1.50. The number of nitrogens with zero attached hydrogens (tertiary/aromatic N) is 2. The van der Waals surface area contributed by atoms with E-state index in [9.17, 15) is 8.42 Å². The van der Waals surface area contributed by atoms with E-state index < -0.39 is 9.84 Å². The summed E-state index contributed by atoms with van der Waals surface area (Å²) in [7, 11) is -2.89. The quantitative estimate of drug-likeness (QED) is 0.807. The van der Waals surface area contributed by atoms with Crippen LogP contribution in [0.3, 0.4) is 0 Å². The van der Waals surface area contributed by atoms with Crippen LogP contribution in [0, 0.1) is 0 Å². The Morgan fingerprint density at radius 3 is 3.00 bits per heavy atom. The first-order valence-corrected chi connectivity index (χ1v) is 8.71. The molecule has 0 radical (unpaired) electrons. The SMILES string of the molecule is CC1CS(=O)(=O)CCN1c1nc2ccc(N)cc2s1. The van der Waals surface area contributed by atoms with Crippen molar-refractivity contribution in [2.45, 2.75) is 13.0 Å². The highest BCUT2D eigenvalue weighted by atomic mass is 32.2. The summed E-state index contributed by atoms with van der Waals surface area (Å²) in [4.78, 5) is 6.64. The van der Waals surface area contributed by atoms with Crippen LogP contribution < -0.4 is 10.6 Å². The van der Waals surface area contributed by atoms with E-state index in [-0.39, 0.29) is 17.5 Å². The summed E-state index contributed by atoms with van der Waals surface area (Å²) >= 11 is 1.56. The highest BCUT2D eigenvalue weighted by Crippen LogP contribution is 2.32. The van der Waals surface area contributed by atoms with Crippen LogP contribution in [0.15, 0.2) is 18.2 Å². The number of nitrogens with two attached hydrogens (primary N) is 1. The molecule has 2 N–H and O–H groups in total. The van der Waals surface area contributed by atoms with Gasteiger partial charge in [-0.05, 0) is 25.1 Å². The Morgan fingerprint density at radius 1 is 1.47 bits per heavy atom. The minimum atomic E-state index is -2.89. The lowest BCUT2D eigenvalue weighted by Crippen LogP contribution is -2.46. The van der Waals surface area contributed by atoms with Gasteiger partial charge in [-0.25, -0.2) is 13.4 Å². The van der Waals surface area contributed by atoms with Crippen LogP contribution in [0.1, 0.15) is 6.92 Å². The molecule has 1 unspecified atom stereocenters. The van der Waals surface area contributed by atoms with Crippen LogP contribution in [-0.4, -0.2) is 37.5 Å². The summed E-state index contributed by atoms with van der Waals surface area (Å²) in [6.45, 7) is 2.44. The monoisotopic (exact) mass is 297 g/mol. The van der Waals surface area contributed by atoms with Crippen molar-refractivity contribution in [2.75, 3.05) is 28.7 Å². The zero-order valence-corrected chi connectivity index (χ0v) is 12.2. The van der Waals surface area contributed by atoms with E-state index in [1.54, 1.807) is 11.3 Å². The maximum Gasteiger partial charge on any atom is 0.186 e. The van der Waals surface area contributed by atoms with Crippen LogP contribution in [-0.2, 0) is 9.84 Å². The van der Waals surface area contributed by atoms with Gasteiger partial charge in [0.15, 0.2) is 15.0 Å². The van der Waals surface area contributed by atoms with Crippen molar-refractivity contribution in [3.63, 3.8) is 0 Å². The van der Waals surface area contributed by atoms with Gasteiger partial charge in [0.05, 0.1) is 21.7 Å². The van der Waals surface area contributed by atoms with Gasteiger partial charge in [-0.3, -0.25) is 0 Å². The number of benzene rings is 1. The summed E-state index contributed by atoms with van der Waals surface area (Å²) < 4.78 is 24.2. The number of aromatic nitrogens is 1. The molecule has 2 aromatic rings. The number of hydrogen-bond donors (Lipinski definition) is 1. The normalized spacial score (nSPS) is 22.8. The molecule has 0 bridgehead atoms. The van der Waals surface area contributed by atoms with Gasteiger partial charge in [0, 0.05) is 18.3 Å². The number of fused-ring (bicyclic) bond motifs is 1. The Labute approximate surface area is 116 Å². The number of sulfone groups is 1. The Morgan fingerprint density at radius 2 is 2.26 bits per heavy atom. The van der Waals surface area contributed by atoms with Crippen molar-refractivity contribution < 1.29 is 8.42 Å². The fourth-order valence-corrected chi connectivity index (χ4v) is 5.03. The summed E-state index contributed by atoms with van der Waals surface area (Å²) in [6, 6.07) is 5.60. The van der Waals surface area contributed by atoms with Crippen molar-refractivity contribution in [1.29, 1.82) is 0 Å². The number of hydrogen-bond acceptors (Lipinski definition) is 6. The summed E-state index contributed by atoms with van der Waals surface area (Å²) in [6.07, 6.45) is 0. The lowest BCUT2D eigenvalue weighted by molar-refractivity contribution is 0.568. The smallest absolute Gasteiger partial charge is 0.186 e. The molecule has 0 spiro atoms. The molecule has 0 saturated carbocycles. The third kappa shape index (κ3) is 2.40. The first kappa shape index (κ1) is 12.7. The molecule has 3 rings (SSSR count). The van der Waals surface area contributed by atoms with Gasteiger partial charge in [-0.2, -0.15) is 0 Å². The summed E-state index contributed by atoms with van der Waals surface area (Å²) in [5.41, 5.74) is 7.39. The molecule has 0 amide bonds. The fraction of sp³-hybridized carbons (Fsp3) is 0.417. The maximum atomic E-state index is 11.6. The van der Waals surface area contributed by atoms with Gasteiger partial charge < -0.3 is 10.6 Å². The lowest BCUT2D eigenvalue weighted by Gasteiger charge is -2.32. The third-order valence-electron chi connectivity index (χ3n) is 3.32. The van der Waals surface area contributed by atoms with Gasteiger partial charge >= 0.3 is 0 Å². The van der Waals surface area contributed by atoms with Gasteiger partial charge in [0.1, 0.15) is 0 Å². The van der Waals surface area contributed by atoms with Gasteiger partial charge in [-0.15, -0.1) is 0 Å². The molecule has 1 aromatic heterocycles. The highest BCUT2D eigenvalue weighted by molar-refractivity contribution is 7.91. The van der Waals surface area contributed by atoms with Crippen molar-refractivity contribution in [1.82, 2.24) is 4.98 Å². The average Bonchev–Trinajstić information content (AvgIpc) is 2.70. The Bertz CT molecular complexity index is 724. The second-order valence-electron chi connectivity index (χ2n) is 4.88. The Hall–Kier alpha value is -1.34. The molecule has 1 saturated heterocycles. The van der Waals surface area contributed by atoms with Gasteiger partial charge in [-0.1, -0.05) is 11.3 Å². The zero-order chi connectivity index (χ0) is 13.6. The molecular formula is C12H15N3O2S2. The lowest BCUT2D eigenvalue weighted by atomic mass is 10.3. The van der Waals surface area contributed by atoms with Crippen LogP contribution in [0.2, 0.25) is 0 Å². The molecule has 5 nitrogen and oxygen atoms in total. The van der Waals surface area contributed by atoms with E-state index in [0.29, 0.717) is 6.54 Å². The van der Waals surface area contributed by atoms with Crippen molar-refractivity contribution in [3.05, 3.63) is 18.2 Å². The first-order chi connectivity index (χ1) is 8.94. The van der Waals surface area contributed by atoms with Gasteiger partial charge in [0.2, 0.25) is 0 Å². The van der Waals surface area contributed by atoms with E-state index >= 15 is 0 Å². The Kier molecular flexibility index (Phi) is 2.90. The van der Waals surface area contributed by atoms with Crippen LogP contribution in [0.4, 0.5) is 10.8 Å². The number of nitrogen functional groups attached to an aromatic ring is 1. The van der Waals surface area contributed by atoms with Crippen molar-refractivity contribution in [2.24, 2.45) is 0 Å². The van der Waals surface area contributed by atoms with Crippen LogP contribution >= 0.6 is 11.3 Å². The molecule has 102 valence electrons. The molecule has 1 aliphatic heterocycles. The molecule has 0 aliphatic carbocycles. The molecular weight excluding hydrogens is 282 g/mol. The molecule has 1 aromatic carbocycles. The zero-order valence-electron chi connectivity index (χ0n) is 10.5. The van der Waals surface area contributed by atoms with E-state index in [2.05, 4.69) is 9.88 Å². The third-order valence-corrected chi connectivity index (χ3v) is 6.17. The molecule has 1 atom stereocenters. The molecule has 19 heavy (non-hydrogen) atoms. The largest absolute Gasteiger partial charge is 0.399 e. The minimum Gasteiger partial charge on any atom is -0.399 e. The number of thiazole rings is 1. The van der Waals surface area contributed by atoms with E-state index in [0.717, 1.165) is 21.0 Å². The van der Waals surface area contributed by atoms with E-state index in [1.165, 1.54) is 0 Å². The standard InChI is InChI=1S/C12H15N3O2S2/c1-8-7-19(16,17)5-4-15(8)12-14-10-3-2-9(13)6-11(10)18-12/h2-3,6,8H,4-5,7,13H2,1H3. The van der Waals surface area contributed by atoms with Crippen LogP contribution in [0.25, 0.3) is 10.2 Å². The Balaban J connectivity index is 1.96. The second kappa shape index (κ2) is 4.35. The average molecular weight is 297 g/mol. The maximum absolute atomic E-state index is 11.6. The first-order valence-electron chi connectivity index (χ1n) is 6.08. The molecule has 2 heterocycles. The van der Waals surface area contributed by atoms with Crippen LogP contribution in [0.5, 0.6) is 0 Å². The summed E-state index contributed by atoms with van der Waals surface area (Å²) in [5, 5.41) is 0.878. The topological polar surface area (TPSA) is 76.3 Å². The summed E-state index contributed by atoms with van der Waals surface area (Å²) in [5.74, 6) is 0.403. The molecule has 1 fully saturated rings. The van der Waals surface area contributed by atoms with Gasteiger partial charge in [0.25, 0.3) is 0 Å². The predicted molar refractivity (Wildman–Crippen MR) is 79.5 cm³/mol. The molecule has 7 heteroatoms.